The Kier molecular flexibility index (Phi) is 9.83. The fourth-order valence-electron chi connectivity index (χ4n) is 3.72. The Labute approximate surface area is 179 Å². The minimum atomic E-state index is -0.254. The molecule has 1 N–H and O–H groups in total. The van der Waals surface area contributed by atoms with Gasteiger partial charge >= 0.3 is 0 Å². The average molecular weight is 423 g/mol. The molecular weight excluding hydrogens is 395 g/mol. The fraction of sp³-hybridized carbons (Fsp3) is 0.364. The van der Waals surface area contributed by atoms with E-state index in [-0.39, 0.29) is 54.4 Å². The molecule has 0 aliphatic carbocycles. The Balaban J connectivity index is 0.00000196. The molecular formula is C22H28Cl2N2O2. The molecule has 3 rings (SSSR count). The molecule has 2 aromatic rings. The summed E-state index contributed by atoms with van der Waals surface area (Å²) in [4.78, 5) is 28.0. The van der Waals surface area contributed by atoms with Crippen molar-refractivity contribution in [3.05, 3.63) is 71.8 Å². The molecule has 152 valence electrons. The second kappa shape index (κ2) is 11.3. The number of carbonyl (C=O) groups is 2. The summed E-state index contributed by atoms with van der Waals surface area (Å²) in [5, 5.41) is 3.38. The molecule has 28 heavy (non-hydrogen) atoms. The van der Waals surface area contributed by atoms with Crippen molar-refractivity contribution >= 4 is 36.4 Å². The average Bonchev–Trinajstić information content (AvgIpc) is 2.73. The first-order valence-corrected chi connectivity index (χ1v) is 9.24. The van der Waals surface area contributed by atoms with Crippen molar-refractivity contribution < 1.29 is 9.59 Å². The van der Waals surface area contributed by atoms with Crippen LogP contribution in [0.1, 0.15) is 34.6 Å². The van der Waals surface area contributed by atoms with Crippen LogP contribution >= 0.6 is 24.8 Å². The smallest absolute Gasteiger partial charge is 0.179 e. The summed E-state index contributed by atoms with van der Waals surface area (Å²) in [7, 11) is 0. The largest absolute Gasteiger partial charge is 0.314 e. The number of hydrogen-bond acceptors (Lipinski definition) is 4. The molecule has 0 spiro atoms. The summed E-state index contributed by atoms with van der Waals surface area (Å²) in [6, 6.07) is 18.5. The third-order valence-corrected chi connectivity index (χ3v) is 5.31. The van der Waals surface area contributed by atoms with Gasteiger partial charge in [0, 0.05) is 42.7 Å². The summed E-state index contributed by atoms with van der Waals surface area (Å²) < 4.78 is 0. The Morgan fingerprint density at radius 1 is 0.893 bits per heavy atom. The molecule has 0 aromatic heterocycles. The second-order valence-electron chi connectivity index (χ2n) is 6.93. The zero-order valence-electron chi connectivity index (χ0n) is 16.2. The van der Waals surface area contributed by atoms with Crippen molar-refractivity contribution in [1.29, 1.82) is 0 Å². The predicted molar refractivity (Wildman–Crippen MR) is 118 cm³/mol. The number of nitrogens with one attached hydrogen (secondary N) is 1. The van der Waals surface area contributed by atoms with E-state index >= 15 is 0 Å². The minimum absolute atomic E-state index is 0. The number of Topliss-reactive ketones (excluding diaryl/α,β-unsaturated/α-hetero) is 2. The number of piperazine rings is 1. The zero-order chi connectivity index (χ0) is 18.5. The van der Waals surface area contributed by atoms with Crippen LogP contribution in [0.5, 0.6) is 0 Å². The monoisotopic (exact) mass is 422 g/mol. The highest BCUT2D eigenvalue weighted by atomic mass is 35.5. The number of hydrogen-bond donors (Lipinski definition) is 1. The molecule has 1 saturated heterocycles. The maximum Gasteiger partial charge on any atom is 0.179 e. The number of benzene rings is 2. The lowest BCUT2D eigenvalue weighted by Gasteiger charge is -2.42. The third-order valence-electron chi connectivity index (χ3n) is 5.31. The van der Waals surface area contributed by atoms with Crippen molar-refractivity contribution in [3.63, 3.8) is 0 Å². The molecule has 1 heterocycles. The van der Waals surface area contributed by atoms with E-state index in [0.29, 0.717) is 6.54 Å². The first-order valence-electron chi connectivity index (χ1n) is 9.24. The fourth-order valence-corrected chi connectivity index (χ4v) is 3.72. The van der Waals surface area contributed by atoms with E-state index in [1.165, 1.54) is 0 Å². The van der Waals surface area contributed by atoms with Crippen LogP contribution in [0.3, 0.4) is 0 Å². The van der Waals surface area contributed by atoms with Gasteiger partial charge in [0.1, 0.15) is 0 Å². The van der Waals surface area contributed by atoms with Crippen LogP contribution < -0.4 is 5.32 Å². The highest BCUT2D eigenvalue weighted by Gasteiger charge is 2.36. The summed E-state index contributed by atoms with van der Waals surface area (Å²) in [5.41, 5.74) is 1.45. The molecule has 1 aliphatic rings. The highest BCUT2D eigenvalue weighted by molar-refractivity contribution is 6.00. The van der Waals surface area contributed by atoms with Crippen LogP contribution in [0.25, 0.3) is 0 Å². The first kappa shape index (κ1) is 24.3. The Morgan fingerprint density at radius 2 is 1.39 bits per heavy atom. The van der Waals surface area contributed by atoms with E-state index < -0.39 is 0 Å². The van der Waals surface area contributed by atoms with Gasteiger partial charge in [-0.1, -0.05) is 67.6 Å². The minimum Gasteiger partial charge on any atom is -0.314 e. The van der Waals surface area contributed by atoms with Crippen molar-refractivity contribution in [2.45, 2.75) is 25.9 Å². The van der Waals surface area contributed by atoms with Gasteiger partial charge in [0.05, 0.1) is 6.04 Å². The number of carbonyl (C=O) groups excluding carboxylic acids is 2. The van der Waals surface area contributed by atoms with Crippen LogP contribution in [-0.4, -0.2) is 48.2 Å². The van der Waals surface area contributed by atoms with Crippen molar-refractivity contribution in [2.24, 2.45) is 5.92 Å². The Morgan fingerprint density at radius 3 is 1.93 bits per heavy atom. The molecule has 0 radical (unpaired) electrons. The molecule has 3 unspecified atom stereocenters. The van der Waals surface area contributed by atoms with Gasteiger partial charge < -0.3 is 5.32 Å². The lowest BCUT2D eigenvalue weighted by atomic mass is 9.88. The standard InChI is InChI=1S/C22H26N2O2.2ClH/c1-16(21(25)18-9-5-3-6-10-18)20-15-23-13-14-24(20)17(2)22(26)19-11-7-4-8-12-19;;/h3-12,16-17,20,23H,13-15H2,1-2H3;2*1H. The van der Waals surface area contributed by atoms with E-state index in [2.05, 4.69) is 10.2 Å². The normalized spacial score (nSPS) is 18.9. The zero-order valence-corrected chi connectivity index (χ0v) is 17.8. The number of ketones is 2. The Hall–Kier alpha value is -1.72. The molecule has 1 fully saturated rings. The summed E-state index contributed by atoms with van der Waals surface area (Å²) in [5.74, 6) is 0.0525. The predicted octanol–water partition coefficient (Wildman–Crippen LogP) is 3.89. The number of halogens is 2. The molecule has 2 aromatic carbocycles. The van der Waals surface area contributed by atoms with E-state index in [1.54, 1.807) is 0 Å². The quantitative estimate of drug-likeness (QED) is 0.717. The SMILES string of the molecule is CC(C(=O)c1ccccc1)C1CNCCN1C(C)C(=O)c1ccccc1.Cl.Cl. The van der Waals surface area contributed by atoms with Gasteiger partial charge in [-0.3, -0.25) is 14.5 Å². The first-order chi connectivity index (χ1) is 12.6. The van der Waals surface area contributed by atoms with Crippen molar-refractivity contribution in [2.75, 3.05) is 19.6 Å². The van der Waals surface area contributed by atoms with Gasteiger partial charge in [-0.15, -0.1) is 24.8 Å². The van der Waals surface area contributed by atoms with Crippen LogP contribution in [0, 0.1) is 5.92 Å². The third kappa shape index (κ3) is 5.42. The molecule has 0 bridgehead atoms. The lowest BCUT2D eigenvalue weighted by molar-refractivity contribution is 0.0527. The van der Waals surface area contributed by atoms with Gasteiger partial charge in [0.15, 0.2) is 11.6 Å². The van der Waals surface area contributed by atoms with E-state index in [0.717, 1.165) is 24.2 Å². The summed E-state index contributed by atoms with van der Waals surface area (Å²) in [6.07, 6.45) is 0. The van der Waals surface area contributed by atoms with Crippen molar-refractivity contribution in [3.8, 4) is 0 Å². The lowest BCUT2D eigenvalue weighted by Crippen LogP contribution is -2.59. The topological polar surface area (TPSA) is 49.4 Å². The van der Waals surface area contributed by atoms with Crippen LogP contribution in [0.2, 0.25) is 0 Å². The maximum atomic E-state index is 12.9. The molecule has 0 amide bonds. The summed E-state index contributed by atoms with van der Waals surface area (Å²) >= 11 is 0. The second-order valence-corrected chi connectivity index (χ2v) is 6.93. The number of rotatable bonds is 6. The van der Waals surface area contributed by atoms with Gasteiger partial charge in [-0.05, 0) is 6.92 Å². The van der Waals surface area contributed by atoms with E-state index in [4.69, 9.17) is 0 Å². The van der Waals surface area contributed by atoms with Gasteiger partial charge in [0.25, 0.3) is 0 Å². The maximum absolute atomic E-state index is 12.9. The van der Waals surface area contributed by atoms with E-state index in [1.807, 2.05) is 74.5 Å². The molecule has 0 saturated carbocycles. The van der Waals surface area contributed by atoms with Gasteiger partial charge in [-0.2, -0.15) is 0 Å². The number of nitrogens with zero attached hydrogens (tertiary/aromatic N) is 1. The van der Waals surface area contributed by atoms with Crippen LogP contribution in [0.4, 0.5) is 0 Å². The summed E-state index contributed by atoms with van der Waals surface area (Å²) in [6.45, 7) is 6.23. The molecule has 4 nitrogen and oxygen atoms in total. The van der Waals surface area contributed by atoms with Crippen LogP contribution in [-0.2, 0) is 0 Å². The molecule has 3 atom stereocenters. The van der Waals surface area contributed by atoms with Gasteiger partial charge in [0.2, 0.25) is 0 Å². The van der Waals surface area contributed by atoms with Gasteiger partial charge in [-0.25, -0.2) is 0 Å². The van der Waals surface area contributed by atoms with Crippen LogP contribution in [0.15, 0.2) is 60.7 Å². The molecule has 1 aliphatic heterocycles. The van der Waals surface area contributed by atoms with Crippen molar-refractivity contribution in [1.82, 2.24) is 10.2 Å². The molecule has 6 heteroatoms. The Bertz CT molecular complexity index is 690. The highest BCUT2D eigenvalue weighted by Crippen LogP contribution is 2.22. The van der Waals surface area contributed by atoms with E-state index in [9.17, 15) is 9.59 Å².